The number of pyridine rings is 1. The molecule has 0 spiro atoms. The van der Waals surface area contributed by atoms with Crippen molar-refractivity contribution in [1.82, 2.24) is 10.3 Å². The fraction of sp³-hybridized carbons (Fsp3) is 0.182. The van der Waals surface area contributed by atoms with Crippen molar-refractivity contribution in [3.8, 4) is 11.5 Å². The maximum absolute atomic E-state index is 12.2. The molecular formula is C22H21N3O3. The number of amides is 1. The highest BCUT2D eigenvalue weighted by Gasteiger charge is 2.13. The van der Waals surface area contributed by atoms with Crippen LogP contribution in [-0.4, -0.2) is 24.2 Å². The molecule has 1 aliphatic heterocycles. The summed E-state index contributed by atoms with van der Waals surface area (Å²) in [6.07, 6.45) is 3.47. The third kappa shape index (κ3) is 4.40. The lowest BCUT2D eigenvalue weighted by atomic mass is 10.1. The number of ether oxygens (including phenoxy) is 2. The maximum atomic E-state index is 12.2. The lowest BCUT2D eigenvalue weighted by Crippen LogP contribution is -2.25. The molecule has 1 amide bonds. The Balaban J connectivity index is 1.27. The van der Waals surface area contributed by atoms with Crippen molar-refractivity contribution in [3.05, 3.63) is 78.1 Å². The summed E-state index contributed by atoms with van der Waals surface area (Å²) in [6.45, 7) is 0.863. The van der Waals surface area contributed by atoms with Gasteiger partial charge in [0, 0.05) is 18.3 Å². The summed E-state index contributed by atoms with van der Waals surface area (Å²) in [6, 6.07) is 19.4. The average Bonchev–Trinajstić information content (AvgIpc) is 3.20. The summed E-state index contributed by atoms with van der Waals surface area (Å²) in [5.74, 6) is 1.29. The monoisotopic (exact) mass is 375 g/mol. The summed E-state index contributed by atoms with van der Waals surface area (Å²) in [7, 11) is 0. The van der Waals surface area contributed by atoms with E-state index in [4.69, 9.17) is 9.47 Å². The van der Waals surface area contributed by atoms with Gasteiger partial charge < -0.3 is 20.1 Å². The SMILES string of the molecule is O=C(NCCCc1ccccc1)c1ccc(Nc2ccc3c(c2)OCO3)cn1. The maximum Gasteiger partial charge on any atom is 0.269 e. The molecule has 0 atom stereocenters. The molecule has 0 fully saturated rings. The van der Waals surface area contributed by atoms with Crippen LogP contribution in [0.3, 0.4) is 0 Å². The van der Waals surface area contributed by atoms with Crippen LogP contribution in [0.1, 0.15) is 22.5 Å². The van der Waals surface area contributed by atoms with Gasteiger partial charge in [-0.3, -0.25) is 4.79 Å². The van der Waals surface area contributed by atoms with E-state index < -0.39 is 0 Å². The Kier molecular flexibility index (Phi) is 5.38. The Hall–Kier alpha value is -3.54. The Bertz CT molecular complexity index is 943. The first-order valence-electron chi connectivity index (χ1n) is 9.23. The number of anilines is 2. The summed E-state index contributed by atoms with van der Waals surface area (Å²) in [5.41, 5.74) is 3.33. The first-order valence-corrected chi connectivity index (χ1v) is 9.23. The highest BCUT2D eigenvalue weighted by atomic mass is 16.7. The molecule has 0 aliphatic carbocycles. The van der Waals surface area contributed by atoms with E-state index in [9.17, 15) is 4.79 Å². The van der Waals surface area contributed by atoms with E-state index in [2.05, 4.69) is 27.8 Å². The molecule has 2 aromatic carbocycles. The zero-order valence-electron chi connectivity index (χ0n) is 15.4. The molecule has 2 heterocycles. The van der Waals surface area contributed by atoms with Crippen molar-refractivity contribution in [1.29, 1.82) is 0 Å². The number of aromatic nitrogens is 1. The second-order valence-corrected chi connectivity index (χ2v) is 6.47. The number of hydrogen-bond acceptors (Lipinski definition) is 5. The number of nitrogens with zero attached hydrogens (tertiary/aromatic N) is 1. The third-order valence-electron chi connectivity index (χ3n) is 4.43. The number of carbonyl (C=O) groups is 1. The molecule has 28 heavy (non-hydrogen) atoms. The Morgan fingerprint density at radius 3 is 2.61 bits per heavy atom. The lowest BCUT2D eigenvalue weighted by molar-refractivity contribution is 0.0948. The van der Waals surface area contributed by atoms with Gasteiger partial charge in [0.15, 0.2) is 11.5 Å². The van der Waals surface area contributed by atoms with E-state index in [0.29, 0.717) is 18.0 Å². The number of hydrogen-bond donors (Lipinski definition) is 2. The normalized spacial score (nSPS) is 11.9. The van der Waals surface area contributed by atoms with Gasteiger partial charge in [0.25, 0.3) is 5.91 Å². The van der Waals surface area contributed by atoms with Crippen LogP contribution in [-0.2, 0) is 6.42 Å². The van der Waals surface area contributed by atoms with Gasteiger partial charge in [-0.2, -0.15) is 0 Å². The molecule has 3 aromatic rings. The van der Waals surface area contributed by atoms with Crippen LogP contribution in [0, 0.1) is 0 Å². The predicted octanol–water partition coefficient (Wildman–Crippen LogP) is 3.92. The fourth-order valence-electron chi connectivity index (χ4n) is 2.97. The van der Waals surface area contributed by atoms with E-state index in [1.165, 1.54) is 5.56 Å². The van der Waals surface area contributed by atoms with Crippen LogP contribution < -0.4 is 20.1 Å². The number of rotatable bonds is 7. The van der Waals surface area contributed by atoms with E-state index in [0.717, 1.165) is 30.0 Å². The fourth-order valence-corrected chi connectivity index (χ4v) is 2.97. The summed E-state index contributed by atoms with van der Waals surface area (Å²) in [4.78, 5) is 16.5. The Morgan fingerprint density at radius 1 is 0.964 bits per heavy atom. The van der Waals surface area contributed by atoms with Gasteiger partial charge in [0.05, 0.1) is 11.9 Å². The molecule has 2 N–H and O–H groups in total. The van der Waals surface area contributed by atoms with Crippen molar-refractivity contribution >= 4 is 17.3 Å². The highest BCUT2D eigenvalue weighted by molar-refractivity contribution is 5.92. The molecule has 0 saturated carbocycles. The van der Waals surface area contributed by atoms with E-state index in [-0.39, 0.29) is 12.7 Å². The summed E-state index contributed by atoms with van der Waals surface area (Å²) in [5, 5.41) is 6.15. The van der Waals surface area contributed by atoms with Crippen LogP contribution in [0.2, 0.25) is 0 Å². The zero-order chi connectivity index (χ0) is 19.2. The van der Waals surface area contributed by atoms with Crippen LogP contribution in [0.4, 0.5) is 11.4 Å². The quantitative estimate of drug-likeness (QED) is 0.613. The molecule has 0 saturated heterocycles. The van der Waals surface area contributed by atoms with Crippen molar-refractivity contribution in [2.45, 2.75) is 12.8 Å². The summed E-state index contributed by atoms with van der Waals surface area (Å²) >= 11 is 0. The minimum Gasteiger partial charge on any atom is -0.454 e. The lowest BCUT2D eigenvalue weighted by Gasteiger charge is -2.08. The van der Waals surface area contributed by atoms with Gasteiger partial charge in [-0.15, -0.1) is 0 Å². The topological polar surface area (TPSA) is 72.5 Å². The van der Waals surface area contributed by atoms with Crippen LogP contribution in [0.5, 0.6) is 11.5 Å². The van der Waals surface area contributed by atoms with Crippen molar-refractivity contribution in [2.75, 3.05) is 18.7 Å². The van der Waals surface area contributed by atoms with Crippen molar-refractivity contribution in [2.24, 2.45) is 0 Å². The van der Waals surface area contributed by atoms with Gasteiger partial charge in [-0.05, 0) is 42.7 Å². The first kappa shape index (κ1) is 17.9. The molecular weight excluding hydrogens is 354 g/mol. The molecule has 4 rings (SSSR count). The van der Waals surface area contributed by atoms with Gasteiger partial charge in [-0.25, -0.2) is 4.98 Å². The standard InChI is InChI=1S/C22H21N3O3/c26-22(23-12-4-7-16-5-2-1-3-6-16)19-10-8-18(14-24-19)25-17-9-11-20-21(13-17)28-15-27-20/h1-3,5-6,8-11,13-14,25H,4,7,12,15H2,(H,23,26). The van der Waals surface area contributed by atoms with E-state index in [1.807, 2.05) is 42.5 Å². The van der Waals surface area contributed by atoms with Gasteiger partial charge in [0.2, 0.25) is 6.79 Å². The molecule has 1 aromatic heterocycles. The second kappa shape index (κ2) is 8.43. The average molecular weight is 375 g/mol. The smallest absolute Gasteiger partial charge is 0.269 e. The molecule has 6 nitrogen and oxygen atoms in total. The Morgan fingerprint density at radius 2 is 1.79 bits per heavy atom. The second-order valence-electron chi connectivity index (χ2n) is 6.47. The number of benzene rings is 2. The van der Waals surface area contributed by atoms with Crippen molar-refractivity contribution < 1.29 is 14.3 Å². The van der Waals surface area contributed by atoms with E-state index >= 15 is 0 Å². The highest BCUT2D eigenvalue weighted by Crippen LogP contribution is 2.35. The molecule has 6 heteroatoms. The number of aryl methyl sites for hydroxylation is 1. The molecule has 0 bridgehead atoms. The number of nitrogens with one attached hydrogen (secondary N) is 2. The summed E-state index contributed by atoms with van der Waals surface area (Å²) < 4.78 is 10.7. The molecule has 0 radical (unpaired) electrons. The first-order chi connectivity index (χ1) is 13.8. The molecule has 1 aliphatic rings. The minimum atomic E-state index is -0.164. The molecule has 0 unspecified atom stereocenters. The third-order valence-corrected chi connectivity index (χ3v) is 4.43. The van der Waals surface area contributed by atoms with Crippen LogP contribution in [0.15, 0.2) is 66.9 Å². The molecule has 142 valence electrons. The minimum absolute atomic E-state index is 0.164. The Labute approximate surface area is 163 Å². The van der Waals surface area contributed by atoms with Gasteiger partial charge in [-0.1, -0.05) is 30.3 Å². The zero-order valence-corrected chi connectivity index (χ0v) is 15.4. The predicted molar refractivity (Wildman–Crippen MR) is 107 cm³/mol. The number of carbonyl (C=O) groups excluding carboxylic acids is 1. The van der Waals surface area contributed by atoms with Crippen LogP contribution in [0.25, 0.3) is 0 Å². The largest absolute Gasteiger partial charge is 0.454 e. The van der Waals surface area contributed by atoms with Gasteiger partial charge in [0.1, 0.15) is 5.69 Å². The van der Waals surface area contributed by atoms with Crippen LogP contribution >= 0.6 is 0 Å². The van der Waals surface area contributed by atoms with E-state index in [1.54, 1.807) is 12.3 Å². The van der Waals surface area contributed by atoms with Crippen molar-refractivity contribution in [3.63, 3.8) is 0 Å². The number of fused-ring (bicyclic) bond motifs is 1. The van der Waals surface area contributed by atoms with Gasteiger partial charge >= 0.3 is 0 Å².